The predicted molar refractivity (Wildman–Crippen MR) is 108 cm³/mol. The summed E-state index contributed by atoms with van der Waals surface area (Å²) in [4.78, 5) is 16.8. The van der Waals surface area contributed by atoms with Gasteiger partial charge in [-0.05, 0) is 49.4 Å². The van der Waals surface area contributed by atoms with E-state index < -0.39 is 0 Å². The van der Waals surface area contributed by atoms with Crippen molar-refractivity contribution in [3.63, 3.8) is 0 Å². The minimum atomic E-state index is -0.116. The van der Waals surface area contributed by atoms with Crippen molar-refractivity contribution < 1.29 is 4.79 Å². The van der Waals surface area contributed by atoms with Crippen molar-refractivity contribution in [3.8, 4) is 0 Å². The number of aromatic nitrogens is 1. The molecule has 0 aliphatic rings. The van der Waals surface area contributed by atoms with Crippen molar-refractivity contribution >= 4 is 11.6 Å². The molecule has 1 aromatic carbocycles. The van der Waals surface area contributed by atoms with Crippen LogP contribution in [0.2, 0.25) is 0 Å². The van der Waals surface area contributed by atoms with Crippen LogP contribution in [-0.4, -0.2) is 16.9 Å². The van der Waals surface area contributed by atoms with E-state index in [4.69, 9.17) is 0 Å². The number of anilines is 1. The minimum Gasteiger partial charge on any atom is -0.381 e. The Bertz CT molecular complexity index is 692. The molecule has 0 saturated heterocycles. The van der Waals surface area contributed by atoms with Gasteiger partial charge in [-0.25, -0.2) is 0 Å². The molecule has 2 aromatic rings. The highest BCUT2D eigenvalue weighted by Gasteiger charge is 2.12. The average Bonchev–Trinajstić information content (AvgIpc) is 2.62. The van der Waals surface area contributed by atoms with Crippen LogP contribution in [0.1, 0.15) is 69.8 Å². The number of hydrogen-bond acceptors (Lipinski definition) is 3. The number of amides is 1. The van der Waals surface area contributed by atoms with Gasteiger partial charge in [-0.15, -0.1) is 0 Å². The summed E-state index contributed by atoms with van der Waals surface area (Å²) >= 11 is 0. The molecule has 0 aliphatic carbocycles. The van der Waals surface area contributed by atoms with Crippen molar-refractivity contribution in [2.75, 3.05) is 5.32 Å². The van der Waals surface area contributed by atoms with Gasteiger partial charge < -0.3 is 10.6 Å². The lowest BCUT2D eigenvalue weighted by Gasteiger charge is -2.16. The van der Waals surface area contributed by atoms with E-state index in [-0.39, 0.29) is 11.9 Å². The summed E-state index contributed by atoms with van der Waals surface area (Å²) in [5.74, 6) is 0.514. The van der Waals surface area contributed by atoms with Crippen LogP contribution in [-0.2, 0) is 11.2 Å². The fraction of sp³-hybridized carbons (Fsp3) is 0.455. The quantitative estimate of drug-likeness (QED) is 0.714. The zero-order valence-electron chi connectivity index (χ0n) is 16.5. The zero-order valence-corrected chi connectivity index (χ0v) is 16.5. The van der Waals surface area contributed by atoms with E-state index in [1.54, 1.807) is 0 Å². The predicted octanol–water partition coefficient (Wildman–Crippen LogP) is 4.84. The molecule has 2 N–H and O–H groups in total. The van der Waals surface area contributed by atoms with Crippen LogP contribution in [0, 0.1) is 0 Å². The Kier molecular flexibility index (Phi) is 7.19. The molecule has 1 amide bonds. The Hall–Kier alpha value is -2.36. The molecule has 1 heterocycles. The third kappa shape index (κ3) is 5.87. The molecule has 0 aliphatic heterocycles. The van der Waals surface area contributed by atoms with Crippen LogP contribution in [0.25, 0.3) is 0 Å². The van der Waals surface area contributed by atoms with E-state index in [0.717, 1.165) is 23.4 Å². The molecule has 0 spiro atoms. The fourth-order valence-electron chi connectivity index (χ4n) is 2.71. The molecule has 4 heteroatoms. The first-order valence-electron chi connectivity index (χ1n) is 9.49. The summed E-state index contributed by atoms with van der Waals surface area (Å²) < 4.78 is 0. The van der Waals surface area contributed by atoms with Gasteiger partial charge >= 0.3 is 0 Å². The van der Waals surface area contributed by atoms with E-state index in [1.807, 2.05) is 37.4 Å². The van der Waals surface area contributed by atoms with Crippen LogP contribution in [0.5, 0.6) is 0 Å². The third-order valence-electron chi connectivity index (χ3n) is 4.64. The normalized spacial score (nSPS) is 13.3. The summed E-state index contributed by atoms with van der Waals surface area (Å²) in [5, 5.41) is 6.43. The molecule has 26 heavy (non-hydrogen) atoms. The second-order valence-electron chi connectivity index (χ2n) is 7.29. The maximum absolute atomic E-state index is 12.3. The number of pyridine rings is 1. The van der Waals surface area contributed by atoms with Crippen LogP contribution in [0.3, 0.4) is 0 Å². The first-order chi connectivity index (χ1) is 12.4. The standard InChI is InChI=1S/C22H31N3O/c1-6-16(4)24-20-11-12-21(23-14-20)17(5)25-22(26)13-18-7-9-19(10-8-18)15(2)3/h7-12,14-17,24H,6,13H2,1-5H3,(H,25,26)/t16?,17-/m1/s1. The second kappa shape index (κ2) is 9.37. The monoisotopic (exact) mass is 353 g/mol. The summed E-state index contributed by atoms with van der Waals surface area (Å²) in [6.07, 6.45) is 3.28. The summed E-state index contributed by atoms with van der Waals surface area (Å²) in [6, 6.07) is 12.6. The van der Waals surface area contributed by atoms with Crippen molar-refractivity contribution in [1.82, 2.24) is 10.3 Å². The van der Waals surface area contributed by atoms with Crippen LogP contribution in [0.15, 0.2) is 42.6 Å². The first-order valence-corrected chi connectivity index (χ1v) is 9.49. The van der Waals surface area contributed by atoms with Crippen molar-refractivity contribution in [1.29, 1.82) is 0 Å². The number of nitrogens with one attached hydrogen (secondary N) is 2. The van der Waals surface area contributed by atoms with Gasteiger partial charge in [0.2, 0.25) is 5.91 Å². The molecule has 2 rings (SSSR count). The Morgan fingerprint density at radius 3 is 2.27 bits per heavy atom. The fourth-order valence-corrected chi connectivity index (χ4v) is 2.71. The minimum absolute atomic E-state index is 0.0124. The van der Waals surface area contributed by atoms with Crippen LogP contribution >= 0.6 is 0 Å². The SMILES string of the molecule is CCC(C)Nc1ccc([C@@H](C)NC(=O)Cc2ccc(C(C)C)cc2)nc1. The van der Waals surface area contributed by atoms with Crippen LogP contribution in [0.4, 0.5) is 5.69 Å². The molecule has 0 bridgehead atoms. The molecule has 4 nitrogen and oxygen atoms in total. The van der Waals surface area contributed by atoms with Crippen LogP contribution < -0.4 is 10.6 Å². The zero-order chi connectivity index (χ0) is 19.1. The highest BCUT2D eigenvalue weighted by Crippen LogP contribution is 2.16. The van der Waals surface area contributed by atoms with Gasteiger partial charge in [0.25, 0.3) is 0 Å². The topological polar surface area (TPSA) is 54.0 Å². The number of carbonyl (C=O) groups excluding carboxylic acids is 1. The maximum Gasteiger partial charge on any atom is 0.224 e. The molecule has 1 aromatic heterocycles. The summed E-state index contributed by atoms with van der Waals surface area (Å²) in [6.45, 7) is 10.6. The summed E-state index contributed by atoms with van der Waals surface area (Å²) in [7, 11) is 0. The van der Waals surface area contributed by atoms with E-state index in [1.165, 1.54) is 5.56 Å². The molecule has 0 fully saturated rings. The van der Waals surface area contributed by atoms with Gasteiger partial charge in [0.15, 0.2) is 0 Å². The number of benzene rings is 1. The molecular formula is C22H31N3O. The van der Waals surface area contributed by atoms with Crippen molar-refractivity contribution in [3.05, 3.63) is 59.4 Å². The van der Waals surface area contributed by atoms with Gasteiger partial charge in [-0.2, -0.15) is 0 Å². The Labute approximate surface area is 157 Å². The Morgan fingerprint density at radius 2 is 1.73 bits per heavy atom. The third-order valence-corrected chi connectivity index (χ3v) is 4.64. The molecule has 1 unspecified atom stereocenters. The number of nitrogens with zero attached hydrogens (tertiary/aromatic N) is 1. The molecule has 0 radical (unpaired) electrons. The van der Waals surface area contributed by atoms with Crippen molar-refractivity contribution in [2.45, 2.75) is 65.5 Å². The molecule has 0 saturated carbocycles. The van der Waals surface area contributed by atoms with E-state index in [9.17, 15) is 4.79 Å². The lowest BCUT2D eigenvalue weighted by atomic mass is 10.0. The largest absolute Gasteiger partial charge is 0.381 e. The molecule has 2 atom stereocenters. The first kappa shape index (κ1) is 20.0. The molecular weight excluding hydrogens is 322 g/mol. The van der Waals surface area contributed by atoms with Gasteiger partial charge in [-0.3, -0.25) is 9.78 Å². The van der Waals surface area contributed by atoms with Gasteiger partial charge in [-0.1, -0.05) is 45.0 Å². The van der Waals surface area contributed by atoms with Gasteiger partial charge in [0.05, 0.1) is 30.0 Å². The van der Waals surface area contributed by atoms with Gasteiger partial charge in [0.1, 0.15) is 0 Å². The Morgan fingerprint density at radius 1 is 1.04 bits per heavy atom. The van der Waals surface area contributed by atoms with Gasteiger partial charge in [0, 0.05) is 6.04 Å². The van der Waals surface area contributed by atoms with E-state index >= 15 is 0 Å². The smallest absolute Gasteiger partial charge is 0.224 e. The number of carbonyl (C=O) groups is 1. The maximum atomic E-state index is 12.3. The number of hydrogen-bond donors (Lipinski definition) is 2. The lowest BCUT2D eigenvalue weighted by Crippen LogP contribution is -2.28. The highest BCUT2D eigenvalue weighted by molar-refractivity contribution is 5.79. The average molecular weight is 354 g/mol. The molecule has 140 valence electrons. The second-order valence-corrected chi connectivity index (χ2v) is 7.29. The highest BCUT2D eigenvalue weighted by atomic mass is 16.1. The lowest BCUT2D eigenvalue weighted by molar-refractivity contribution is -0.121. The van der Waals surface area contributed by atoms with E-state index in [2.05, 4.69) is 55.4 Å². The van der Waals surface area contributed by atoms with E-state index in [0.29, 0.717) is 18.4 Å². The Balaban J connectivity index is 1.89. The number of rotatable bonds is 8. The summed E-state index contributed by atoms with van der Waals surface area (Å²) in [5.41, 5.74) is 4.19. The van der Waals surface area contributed by atoms with Crippen molar-refractivity contribution in [2.24, 2.45) is 0 Å².